The highest BCUT2D eigenvalue weighted by Gasteiger charge is 2.25. The van der Waals surface area contributed by atoms with Gasteiger partial charge in [0.05, 0.1) is 41.8 Å². The second-order valence-electron chi connectivity index (χ2n) is 7.79. The van der Waals surface area contributed by atoms with Gasteiger partial charge in [-0.15, -0.1) is 0 Å². The Hall–Kier alpha value is -3.92. The van der Waals surface area contributed by atoms with Gasteiger partial charge in [-0.25, -0.2) is 4.98 Å². The van der Waals surface area contributed by atoms with Gasteiger partial charge in [-0.1, -0.05) is 30.8 Å². The molecule has 0 fully saturated rings. The zero-order valence-electron chi connectivity index (χ0n) is 19.1. The number of benzene rings is 2. The van der Waals surface area contributed by atoms with E-state index in [2.05, 4.69) is 5.32 Å². The molecule has 1 amide bonds. The van der Waals surface area contributed by atoms with Crippen LogP contribution in [0.15, 0.2) is 69.2 Å². The molecule has 10 heteroatoms. The lowest BCUT2D eigenvalue weighted by Crippen LogP contribution is -2.28. The topological polar surface area (TPSA) is 105 Å². The normalized spacial score (nSPS) is 13.1. The zero-order valence-corrected chi connectivity index (χ0v) is 20.0. The molecule has 2 aromatic carbocycles. The Kier molecular flexibility index (Phi) is 6.37. The van der Waals surface area contributed by atoms with E-state index >= 15 is 0 Å². The number of nitrogens with one attached hydrogen (secondary N) is 1. The molecule has 1 atom stereocenters. The second-order valence-corrected chi connectivity index (χ2v) is 8.96. The summed E-state index contributed by atoms with van der Waals surface area (Å²) in [5.41, 5.74) is 0.788. The van der Waals surface area contributed by atoms with Gasteiger partial charge >= 0.3 is 0 Å². The van der Waals surface area contributed by atoms with E-state index in [0.717, 1.165) is 0 Å². The number of para-hydroxylation sites is 2. The Morgan fingerprint density at radius 1 is 1.20 bits per heavy atom. The number of carbonyl (C=O) groups is 1. The minimum atomic E-state index is -0.513. The Morgan fingerprint density at radius 3 is 2.74 bits per heavy atom. The molecule has 5 rings (SSSR count). The highest BCUT2D eigenvalue weighted by Crippen LogP contribution is 2.36. The lowest BCUT2D eigenvalue weighted by Gasteiger charge is -2.18. The van der Waals surface area contributed by atoms with Gasteiger partial charge in [0, 0.05) is 6.07 Å². The van der Waals surface area contributed by atoms with Crippen LogP contribution in [-0.4, -0.2) is 34.6 Å². The fraction of sp³-hybridized carbons (Fsp3) is 0.240. The summed E-state index contributed by atoms with van der Waals surface area (Å²) in [4.78, 5) is 31.5. The minimum Gasteiger partial charge on any atom is -0.495 e. The van der Waals surface area contributed by atoms with Gasteiger partial charge in [0.15, 0.2) is 16.7 Å². The maximum atomic E-state index is 13.5. The first kappa shape index (κ1) is 22.9. The van der Waals surface area contributed by atoms with Crippen molar-refractivity contribution in [2.24, 2.45) is 0 Å². The zero-order chi connectivity index (χ0) is 24.4. The van der Waals surface area contributed by atoms with E-state index in [0.29, 0.717) is 51.2 Å². The van der Waals surface area contributed by atoms with Gasteiger partial charge < -0.3 is 23.9 Å². The average molecular weight is 494 g/mol. The van der Waals surface area contributed by atoms with Gasteiger partial charge in [0.2, 0.25) is 12.7 Å². The van der Waals surface area contributed by atoms with Gasteiger partial charge in [-0.3, -0.25) is 14.2 Å². The van der Waals surface area contributed by atoms with Crippen molar-refractivity contribution in [2.75, 3.05) is 19.2 Å². The average Bonchev–Trinajstić information content (AvgIpc) is 3.55. The van der Waals surface area contributed by atoms with E-state index in [1.165, 1.54) is 16.3 Å². The molecule has 0 bridgehead atoms. The van der Waals surface area contributed by atoms with Crippen molar-refractivity contribution in [2.45, 2.75) is 30.3 Å². The maximum absolute atomic E-state index is 13.5. The summed E-state index contributed by atoms with van der Waals surface area (Å²) in [5, 5.41) is 3.22. The third-order valence-corrected chi connectivity index (χ3v) is 6.94. The van der Waals surface area contributed by atoms with Gasteiger partial charge in [0.25, 0.3) is 5.56 Å². The Labute approximate surface area is 205 Å². The number of hydrogen-bond donors (Lipinski definition) is 1. The third kappa shape index (κ3) is 4.57. The van der Waals surface area contributed by atoms with Crippen LogP contribution in [-0.2, 0) is 11.3 Å². The fourth-order valence-electron chi connectivity index (χ4n) is 3.79. The van der Waals surface area contributed by atoms with Crippen molar-refractivity contribution in [1.29, 1.82) is 0 Å². The van der Waals surface area contributed by atoms with Crippen LogP contribution < -0.4 is 25.1 Å². The molecule has 0 unspecified atom stereocenters. The molecule has 0 spiro atoms. The van der Waals surface area contributed by atoms with E-state index < -0.39 is 5.25 Å². The summed E-state index contributed by atoms with van der Waals surface area (Å²) in [6.45, 7) is 2.18. The summed E-state index contributed by atoms with van der Waals surface area (Å²) in [6, 6.07) is 14.1. The summed E-state index contributed by atoms with van der Waals surface area (Å²) >= 11 is 1.23. The van der Waals surface area contributed by atoms with Gasteiger partial charge in [-0.2, -0.15) is 0 Å². The summed E-state index contributed by atoms with van der Waals surface area (Å²) < 4.78 is 23.3. The molecule has 180 valence electrons. The highest BCUT2D eigenvalue weighted by atomic mass is 32.2. The molecule has 2 aromatic heterocycles. The first-order chi connectivity index (χ1) is 17.1. The lowest BCUT2D eigenvalue weighted by molar-refractivity contribution is -0.115. The molecule has 3 heterocycles. The van der Waals surface area contributed by atoms with E-state index in [1.54, 1.807) is 49.8 Å². The van der Waals surface area contributed by atoms with Gasteiger partial charge in [-0.05, 0) is 36.8 Å². The van der Waals surface area contributed by atoms with Gasteiger partial charge in [0.1, 0.15) is 11.5 Å². The summed E-state index contributed by atoms with van der Waals surface area (Å²) in [5.74, 6) is 1.98. The largest absolute Gasteiger partial charge is 0.495 e. The van der Waals surface area contributed by atoms with E-state index in [9.17, 15) is 9.59 Å². The number of furan rings is 1. The number of methoxy groups -OCH3 is 1. The minimum absolute atomic E-state index is 0.0921. The van der Waals surface area contributed by atoms with E-state index in [1.807, 2.05) is 19.1 Å². The van der Waals surface area contributed by atoms with Crippen molar-refractivity contribution in [1.82, 2.24) is 9.55 Å². The van der Waals surface area contributed by atoms with Crippen LogP contribution >= 0.6 is 11.8 Å². The standard InChI is InChI=1S/C25H23N3O6S/c1-3-22(23(29)26-17-8-4-5-9-19(17)31-2)35-25-27-18-12-21-20(33-14-34-21)11-16(18)24(30)28(25)13-15-7-6-10-32-15/h4-12,22H,3,13-14H2,1-2H3,(H,26,29)/t22-/m1/s1. The Bertz CT molecular complexity index is 1430. The molecule has 1 aliphatic rings. The molecular weight excluding hydrogens is 470 g/mol. The number of amides is 1. The third-order valence-electron chi connectivity index (χ3n) is 5.58. The van der Waals surface area contributed by atoms with Crippen LogP contribution in [0.5, 0.6) is 17.2 Å². The summed E-state index contributed by atoms with van der Waals surface area (Å²) in [7, 11) is 1.55. The molecule has 4 aromatic rings. The fourth-order valence-corrected chi connectivity index (χ4v) is 4.80. The molecule has 35 heavy (non-hydrogen) atoms. The predicted octanol–water partition coefficient (Wildman–Crippen LogP) is 4.28. The van der Waals surface area contributed by atoms with Crippen LogP contribution in [0, 0.1) is 0 Å². The number of hydrogen-bond acceptors (Lipinski definition) is 8. The van der Waals surface area contributed by atoms with E-state index in [4.69, 9.17) is 23.6 Å². The van der Waals surface area contributed by atoms with Crippen molar-refractivity contribution < 1.29 is 23.4 Å². The number of nitrogens with zero attached hydrogens (tertiary/aromatic N) is 2. The number of anilines is 1. The van der Waals surface area contributed by atoms with Crippen LogP contribution in [0.2, 0.25) is 0 Å². The van der Waals surface area contributed by atoms with Crippen molar-refractivity contribution in [3.63, 3.8) is 0 Å². The number of carbonyl (C=O) groups excluding carboxylic acids is 1. The number of thioether (sulfide) groups is 1. The molecule has 0 saturated heterocycles. The van der Waals surface area contributed by atoms with Crippen LogP contribution in [0.1, 0.15) is 19.1 Å². The monoisotopic (exact) mass is 493 g/mol. The predicted molar refractivity (Wildman–Crippen MR) is 131 cm³/mol. The summed E-state index contributed by atoms with van der Waals surface area (Å²) in [6.07, 6.45) is 2.07. The van der Waals surface area contributed by atoms with Crippen LogP contribution in [0.4, 0.5) is 5.69 Å². The maximum Gasteiger partial charge on any atom is 0.262 e. The Balaban J connectivity index is 1.52. The quantitative estimate of drug-likeness (QED) is 0.286. The first-order valence-corrected chi connectivity index (χ1v) is 11.9. The SMILES string of the molecule is CC[C@@H](Sc1nc2cc3c(cc2c(=O)n1Cc1ccco1)OCO3)C(=O)Nc1ccccc1OC. The number of aromatic nitrogens is 2. The highest BCUT2D eigenvalue weighted by molar-refractivity contribution is 8.00. The van der Waals surface area contributed by atoms with Crippen molar-refractivity contribution >= 4 is 34.3 Å². The van der Waals surface area contributed by atoms with Crippen molar-refractivity contribution in [3.05, 3.63) is 70.9 Å². The molecular formula is C25H23N3O6S. The number of ether oxygens (including phenoxy) is 3. The number of rotatable bonds is 8. The van der Waals surface area contributed by atoms with E-state index in [-0.39, 0.29) is 24.8 Å². The second kappa shape index (κ2) is 9.75. The Morgan fingerprint density at radius 2 is 2.00 bits per heavy atom. The molecule has 0 radical (unpaired) electrons. The lowest BCUT2D eigenvalue weighted by atomic mass is 10.2. The van der Waals surface area contributed by atoms with Crippen molar-refractivity contribution in [3.8, 4) is 17.2 Å². The molecule has 1 aliphatic heterocycles. The molecule has 9 nitrogen and oxygen atoms in total. The van der Waals surface area contributed by atoms with Crippen LogP contribution in [0.3, 0.4) is 0 Å². The number of fused-ring (bicyclic) bond motifs is 2. The molecule has 1 N–H and O–H groups in total. The smallest absolute Gasteiger partial charge is 0.262 e. The first-order valence-electron chi connectivity index (χ1n) is 11.0. The molecule has 0 saturated carbocycles. The molecule has 0 aliphatic carbocycles. The van der Waals surface area contributed by atoms with Crippen LogP contribution in [0.25, 0.3) is 10.9 Å².